The Labute approximate surface area is 196 Å². The molecule has 1 aliphatic heterocycles. The molecule has 184 valence electrons. The zero-order valence-corrected chi connectivity index (χ0v) is 19.7. The summed E-state index contributed by atoms with van der Waals surface area (Å²) in [6.45, 7) is 2.76. The second kappa shape index (κ2) is 9.77. The molecule has 1 aliphatic rings. The van der Waals surface area contributed by atoms with Crippen molar-refractivity contribution in [3.63, 3.8) is 0 Å². The Morgan fingerprint density at radius 2 is 1.85 bits per heavy atom. The fraction of sp³-hybridized carbons (Fsp3) is 0.391. The van der Waals surface area contributed by atoms with Crippen LogP contribution in [0.3, 0.4) is 0 Å². The Morgan fingerprint density at radius 1 is 1.24 bits per heavy atom. The van der Waals surface area contributed by atoms with E-state index >= 15 is 0 Å². The molecular formula is C23H26F2N2O6S. The van der Waals surface area contributed by atoms with Gasteiger partial charge in [0.15, 0.2) is 14.6 Å². The lowest BCUT2D eigenvalue weighted by molar-refractivity contribution is -0.132. The highest BCUT2D eigenvalue weighted by molar-refractivity contribution is 7.92. The van der Waals surface area contributed by atoms with Crippen molar-refractivity contribution in [2.24, 2.45) is 5.16 Å². The first-order valence-corrected chi connectivity index (χ1v) is 12.4. The lowest BCUT2D eigenvalue weighted by Gasteiger charge is -2.26. The number of amides is 1. The van der Waals surface area contributed by atoms with Crippen LogP contribution in [0.15, 0.2) is 41.6 Å². The third-order valence-corrected chi connectivity index (χ3v) is 7.90. The lowest BCUT2D eigenvalue weighted by Crippen LogP contribution is -2.51. The Kier molecular flexibility index (Phi) is 7.39. The molecule has 0 saturated heterocycles. The van der Waals surface area contributed by atoms with Crippen molar-refractivity contribution in [1.82, 2.24) is 5.48 Å². The van der Waals surface area contributed by atoms with E-state index < -0.39 is 44.3 Å². The second-order valence-corrected chi connectivity index (χ2v) is 11.1. The average molecular weight is 497 g/mol. The largest absolute Gasteiger partial charge is 0.393 e. The highest BCUT2D eigenvalue weighted by Gasteiger charge is 2.47. The minimum atomic E-state index is -3.91. The maximum absolute atomic E-state index is 14.9. The zero-order chi connectivity index (χ0) is 25.3. The van der Waals surface area contributed by atoms with Gasteiger partial charge in [-0.2, -0.15) is 0 Å². The molecule has 11 heteroatoms. The van der Waals surface area contributed by atoms with Gasteiger partial charge in [-0.25, -0.2) is 22.7 Å². The SMILES string of the molecule is CC(O)Cc1ccc(-c2ccc(C3=NOC(CC(C)(C(=O)NO)S(C)(=O)=O)C3)cc2F)c(F)c1. The summed E-state index contributed by atoms with van der Waals surface area (Å²) in [4.78, 5) is 17.3. The number of hydrogen-bond donors (Lipinski definition) is 3. The number of aliphatic hydroxyl groups excluding tert-OH is 1. The number of sulfone groups is 1. The molecule has 0 spiro atoms. The van der Waals surface area contributed by atoms with Gasteiger partial charge in [-0.1, -0.05) is 29.4 Å². The van der Waals surface area contributed by atoms with E-state index in [1.807, 2.05) is 0 Å². The Morgan fingerprint density at radius 3 is 2.38 bits per heavy atom. The summed E-state index contributed by atoms with van der Waals surface area (Å²) >= 11 is 0. The second-order valence-electron chi connectivity index (χ2n) is 8.68. The number of nitrogens with one attached hydrogen (secondary N) is 1. The van der Waals surface area contributed by atoms with Gasteiger partial charge in [0, 0.05) is 35.8 Å². The average Bonchev–Trinajstić information content (AvgIpc) is 3.20. The van der Waals surface area contributed by atoms with Gasteiger partial charge in [0.2, 0.25) is 0 Å². The normalized spacial score (nSPS) is 18.6. The molecule has 3 rings (SSSR count). The molecule has 8 nitrogen and oxygen atoms in total. The molecule has 0 saturated carbocycles. The number of oxime groups is 1. The molecule has 0 aromatic heterocycles. The third-order valence-electron chi connectivity index (χ3n) is 5.91. The van der Waals surface area contributed by atoms with Crippen LogP contribution in [0.5, 0.6) is 0 Å². The van der Waals surface area contributed by atoms with E-state index in [2.05, 4.69) is 5.16 Å². The molecule has 1 heterocycles. The van der Waals surface area contributed by atoms with Gasteiger partial charge in [-0.05, 0) is 38.0 Å². The number of benzene rings is 2. The minimum absolute atomic E-state index is 0.0465. The van der Waals surface area contributed by atoms with E-state index in [-0.39, 0.29) is 30.4 Å². The van der Waals surface area contributed by atoms with E-state index in [9.17, 15) is 27.1 Å². The molecule has 34 heavy (non-hydrogen) atoms. The Bertz CT molecular complexity index is 1230. The quantitative estimate of drug-likeness (QED) is 0.381. The van der Waals surface area contributed by atoms with Gasteiger partial charge in [0.05, 0.1) is 11.8 Å². The summed E-state index contributed by atoms with van der Waals surface area (Å²) in [5, 5.41) is 22.3. The van der Waals surface area contributed by atoms with Crippen LogP contribution in [-0.4, -0.2) is 53.6 Å². The van der Waals surface area contributed by atoms with Crippen LogP contribution in [0.25, 0.3) is 11.1 Å². The highest BCUT2D eigenvalue weighted by atomic mass is 32.2. The van der Waals surface area contributed by atoms with Crippen LogP contribution >= 0.6 is 0 Å². The maximum Gasteiger partial charge on any atom is 0.264 e. The molecule has 0 aliphatic carbocycles. The third kappa shape index (κ3) is 5.26. The van der Waals surface area contributed by atoms with Gasteiger partial charge in [-0.15, -0.1) is 0 Å². The van der Waals surface area contributed by atoms with Crippen molar-refractivity contribution in [3.8, 4) is 11.1 Å². The molecule has 3 atom stereocenters. The van der Waals surface area contributed by atoms with Crippen LogP contribution in [0.4, 0.5) is 8.78 Å². The standard InChI is InChI=1S/C23H26F2N2O6S/c1-13(28)8-14-4-6-17(19(24)9-14)18-7-5-15(10-20(18)25)21-11-16(33-27-21)12-23(2,22(29)26-30)34(3,31)32/h4-7,9-10,13,16,28,30H,8,11-12H2,1-3H3,(H,26,29). The van der Waals surface area contributed by atoms with Gasteiger partial charge in [-0.3, -0.25) is 10.0 Å². The van der Waals surface area contributed by atoms with E-state index in [1.165, 1.54) is 36.7 Å². The van der Waals surface area contributed by atoms with Crippen LogP contribution in [0.2, 0.25) is 0 Å². The molecule has 2 aromatic carbocycles. The fourth-order valence-corrected chi connectivity index (χ4v) is 4.70. The molecular weight excluding hydrogens is 470 g/mol. The number of hydroxylamine groups is 1. The number of carbonyl (C=O) groups excluding carboxylic acids is 1. The lowest BCUT2D eigenvalue weighted by atomic mass is 9.95. The molecule has 0 radical (unpaired) electrons. The van der Waals surface area contributed by atoms with Crippen molar-refractivity contribution >= 4 is 21.5 Å². The number of aliphatic hydroxyl groups is 1. The first-order valence-electron chi connectivity index (χ1n) is 10.5. The van der Waals surface area contributed by atoms with E-state index in [0.29, 0.717) is 16.8 Å². The highest BCUT2D eigenvalue weighted by Crippen LogP contribution is 2.31. The molecule has 2 aromatic rings. The summed E-state index contributed by atoms with van der Waals surface area (Å²) in [6, 6.07) is 8.47. The number of nitrogens with zero attached hydrogens (tertiary/aromatic N) is 1. The Hall–Kier alpha value is -2.89. The fourth-order valence-electron chi connectivity index (χ4n) is 3.83. The summed E-state index contributed by atoms with van der Waals surface area (Å²) in [7, 11) is -3.91. The van der Waals surface area contributed by atoms with E-state index in [1.54, 1.807) is 19.1 Å². The minimum Gasteiger partial charge on any atom is -0.393 e. The predicted molar refractivity (Wildman–Crippen MR) is 121 cm³/mol. The molecule has 3 N–H and O–H groups in total. The van der Waals surface area contributed by atoms with Crippen molar-refractivity contribution < 1.29 is 37.1 Å². The number of rotatable bonds is 8. The monoisotopic (exact) mass is 496 g/mol. The van der Waals surface area contributed by atoms with E-state index in [0.717, 1.165) is 6.26 Å². The van der Waals surface area contributed by atoms with Crippen LogP contribution < -0.4 is 5.48 Å². The van der Waals surface area contributed by atoms with Gasteiger partial charge < -0.3 is 9.94 Å². The van der Waals surface area contributed by atoms with Gasteiger partial charge in [0.1, 0.15) is 17.7 Å². The first-order chi connectivity index (χ1) is 15.9. The topological polar surface area (TPSA) is 125 Å². The Balaban J connectivity index is 1.78. The van der Waals surface area contributed by atoms with Gasteiger partial charge >= 0.3 is 0 Å². The number of carbonyl (C=O) groups is 1. The van der Waals surface area contributed by atoms with Crippen LogP contribution in [-0.2, 0) is 25.9 Å². The van der Waals surface area contributed by atoms with Crippen molar-refractivity contribution in [3.05, 3.63) is 59.2 Å². The van der Waals surface area contributed by atoms with Crippen molar-refractivity contribution in [2.75, 3.05) is 6.26 Å². The maximum atomic E-state index is 14.9. The zero-order valence-electron chi connectivity index (χ0n) is 18.9. The van der Waals surface area contributed by atoms with Crippen molar-refractivity contribution in [2.45, 2.75) is 50.1 Å². The van der Waals surface area contributed by atoms with Crippen LogP contribution in [0, 0.1) is 11.6 Å². The summed E-state index contributed by atoms with van der Waals surface area (Å²) < 4.78 is 51.8. The predicted octanol–water partition coefficient (Wildman–Crippen LogP) is 2.75. The molecule has 0 bridgehead atoms. The summed E-state index contributed by atoms with van der Waals surface area (Å²) in [5.41, 5.74) is 2.78. The first kappa shape index (κ1) is 25.7. The van der Waals surface area contributed by atoms with Crippen LogP contribution in [0.1, 0.15) is 37.8 Å². The molecule has 3 unspecified atom stereocenters. The number of halogens is 2. The summed E-state index contributed by atoms with van der Waals surface area (Å²) in [5.74, 6) is -2.40. The van der Waals surface area contributed by atoms with E-state index in [4.69, 9.17) is 10.0 Å². The number of hydrogen-bond acceptors (Lipinski definition) is 7. The molecule has 0 fully saturated rings. The summed E-state index contributed by atoms with van der Waals surface area (Å²) in [6.07, 6.45) is -0.455. The van der Waals surface area contributed by atoms with Gasteiger partial charge in [0.25, 0.3) is 5.91 Å². The molecule has 1 amide bonds. The smallest absolute Gasteiger partial charge is 0.264 e. The van der Waals surface area contributed by atoms with Crippen molar-refractivity contribution in [1.29, 1.82) is 0 Å².